The molecule has 1 saturated carbocycles. The topological polar surface area (TPSA) is 114 Å². The number of hydrogen-bond donors (Lipinski definition) is 2. The van der Waals surface area contributed by atoms with Crippen LogP contribution >= 0.6 is 11.8 Å². The first kappa shape index (κ1) is 24.0. The van der Waals surface area contributed by atoms with Gasteiger partial charge in [0.15, 0.2) is 5.82 Å². The number of benzene rings is 1. The zero-order valence-electron chi connectivity index (χ0n) is 19.2. The fourth-order valence-electron chi connectivity index (χ4n) is 3.78. The van der Waals surface area contributed by atoms with E-state index in [1.807, 2.05) is 12.1 Å². The van der Waals surface area contributed by atoms with Crippen LogP contribution in [0.2, 0.25) is 0 Å². The van der Waals surface area contributed by atoms with Gasteiger partial charge in [0.25, 0.3) is 0 Å². The lowest BCUT2D eigenvalue weighted by molar-refractivity contribution is -0.125. The monoisotopic (exact) mass is 483 g/mol. The molecular formula is C24H29N5O4S. The first-order valence-electron chi connectivity index (χ1n) is 11.6. The molecule has 0 radical (unpaired) electrons. The lowest BCUT2D eigenvalue weighted by Gasteiger charge is -2.32. The van der Waals surface area contributed by atoms with E-state index in [2.05, 4.69) is 25.7 Å². The second kappa shape index (κ2) is 11.3. The maximum absolute atomic E-state index is 12.4. The van der Waals surface area contributed by atoms with Gasteiger partial charge in [-0.1, -0.05) is 17.8 Å². The Morgan fingerprint density at radius 2 is 2.00 bits per heavy atom. The molecule has 2 fully saturated rings. The Balaban J connectivity index is 1.26. The lowest BCUT2D eigenvalue weighted by atomic mass is 9.97. The summed E-state index contributed by atoms with van der Waals surface area (Å²) in [5.74, 6) is 0.394. The van der Waals surface area contributed by atoms with Crippen LogP contribution in [-0.4, -0.2) is 59.5 Å². The van der Waals surface area contributed by atoms with Crippen LogP contribution in [0.1, 0.15) is 43.0 Å². The van der Waals surface area contributed by atoms with Crippen molar-refractivity contribution in [1.29, 1.82) is 0 Å². The zero-order chi connectivity index (χ0) is 23.9. The number of carbonyl (C=O) groups is 3. The first-order chi connectivity index (χ1) is 16.5. The number of ether oxygens (including phenoxy) is 1. The second-order valence-electron chi connectivity index (χ2n) is 8.44. The van der Waals surface area contributed by atoms with Crippen LogP contribution in [-0.2, 0) is 14.3 Å². The minimum atomic E-state index is -0.424. The molecule has 1 unspecified atom stereocenters. The minimum absolute atomic E-state index is 0.0174. The average Bonchev–Trinajstić information content (AvgIpc) is 3.67. The average molecular weight is 484 g/mol. The van der Waals surface area contributed by atoms with Crippen molar-refractivity contribution in [1.82, 2.24) is 15.5 Å². The molecule has 9 nitrogen and oxygen atoms in total. The fourth-order valence-corrected chi connectivity index (χ4v) is 4.39. The number of hydrogen-bond acceptors (Lipinski definition) is 8. The standard InChI is InChI=1S/C24H29N5O4S/c1-2-33-24(32)16-5-3-7-19(13-16)25-21(30)15-34-22-11-10-20(27-28-22)29-12-4-6-17(14-29)23(31)26-18-8-9-18/h3,5,7,10-11,13,17-18H,2,4,6,8-9,12,14-15H2,1H3,(H,25,30)(H,26,31). The van der Waals surface area contributed by atoms with Crippen LogP contribution in [0.5, 0.6) is 0 Å². The predicted octanol–water partition coefficient (Wildman–Crippen LogP) is 2.88. The van der Waals surface area contributed by atoms with E-state index < -0.39 is 5.97 Å². The van der Waals surface area contributed by atoms with Crippen LogP contribution in [0.3, 0.4) is 0 Å². The van der Waals surface area contributed by atoms with Crippen LogP contribution in [0.25, 0.3) is 0 Å². The molecule has 1 aliphatic heterocycles. The number of aromatic nitrogens is 2. The number of nitrogens with zero attached hydrogens (tertiary/aromatic N) is 3. The van der Waals surface area contributed by atoms with E-state index in [1.165, 1.54) is 11.8 Å². The molecule has 1 aromatic carbocycles. The first-order valence-corrected chi connectivity index (χ1v) is 12.6. The number of anilines is 2. The van der Waals surface area contributed by atoms with Crippen LogP contribution < -0.4 is 15.5 Å². The van der Waals surface area contributed by atoms with E-state index in [9.17, 15) is 14.4 Å². The Bertz CT molecular complexity index is 1030. The van der Waals surface area contributed by atoms with Gasteiger partial charge >= 0.3 is 5.97 Å². The molecular weight excluding hydrogens is 454 g/mol. The molecule has 10 heteroatoms. The van der Waals surface area contributed by atoms with E-state index in [0.29, 0.717) is 35.5 Å². The van der Waals surface area contributed by atoms with Crippen molar-refractivity contribution in [2.24, 2.45) is 5.92 Å². The number of nitrogens with one attached hydrogen (secondary N) is 2. The summed E-state index contributed by atoms with van der Waals surface area (Å²) in [5.41, 5.74) is 0.918. The summed E-state index contributed by atoms with van der Waals surface area (Å²) in [6.07, 6.45) is 4.02. The Hall–Kier alpha value is -3.14. The van der Waals surface area contributed by atoms with Gasteiger partial charge in [0.05, 0.1) is 23.8 Å². The summed E-state index contributed by atoms with van der Waals surface area (Å²) in [4.78, 5) is 38.7. The summed E-state index contributed by atoms with van der Waals surface area (Å²) in [7, 11) is 0. The molecule has 2 heterocycles. The van der Waals surface area contributed by atoms with Gasteiger partial charge in [-0.2, -0.15) is 0 Å². The van der Waals surface area contributed by atoms with E-state index >= 15 is 0 Å². The number of esters is 1. The summed E-state index contributed by atoms with van der Waals surface area (Å²) in [6, 6.07) is 10.7. The Labute approximate surface area is 203 Å². The highest BCUT2D eigenvalue weighted by Crippen LogP contribution is 2.25. The van der Waals surface area contributed by atoms with Crippen molar-refractivity contribution in [3.05, 3.63) is 42.0 Å². The third kappa shape index (κ3) is 6.69. The summed E-state index contributed by atoms with van der Waals surface area (Å²) < 4.78 is 4.99. The van der Waals surface area contributed by atoms with Gasteiger partial charge in [-0.3, -0.25) is 9.59 Å². The van der Waals surface area contributed by atoms with Gasteiger partial charge < -0.3 is 20.3 Å². The number of carbonyl (C=O) groups excluding carboxylic acids is 3. The number of thioether (sulfide) groups is 1. The second-order valence-corrected chi connectivity index (χ2v) is 9.43. The molecule has 0 spiro atoms. The number of piperidine rings is 1. The van der Waals surface area contributed by atoms with Gasteiger partial charge in [0, 0.05) is 24.8 Å². The van der Waals surface area contributed by atoms with Crippen molar-refractivity contribution < 1.29 is 19.1 Å². The quantitative estimate of drug-likeness (QED) is 0.414. The zero-order valence-corrected chi connectivity index (χ0v) is 20.0. The smallest absolute Gasteiger partial charge is 0.338 e. The Morgan fingerprint density at radius 3 is 2.74 bits per heavy atom. The summed E-state index contributed by atoms with van der Waals surface area (Å²) >= 11 is 1.28. The maximum Gasteiger partial charge on any atom is 0.338 e. The number of rotatable bonds is 9. The third-order valence-electron chi connectivity index (χ3n) is 5.67. The highest BCUT2D eigenvalue weighted by Gasteiger charge is 2.31. The Morgan fingerprint density at radius 1 is 1.15 bits per heavy atom. The largest absolute Gasteiger partial charge is 0.462 e. The van der Waals surface area contributed by atoms with Gasteiger partial charge in [0.1, 0.15) is 5.03 Å². The molecule has 180 valence electrons. The summed E-state index contributed by atoms with van der Waals surface area (Å²) in [6.45, 7) is 3.53. The molecule has 4 rings (SSSR count). The molecule has 1 aromatic heterocycles. The SMILES string of the molecule is CCOC(=O)c1cccc(NC(=O)CSc2ccc(N3CCCC(C(=O)NC4CC4)C3)nn2)c1. The number of amides is 2. The minimum Gasteiger partial charge on any atom is -0.462 e. The van der Waals surface area contributed by atoms with E-state index in [1.54, 1.807) is 31.2 Å². The van der Waals surface area contributed by atoms with Gasteiger partial charge in [-0.25, -0.2) is 4.79 Å². The van der Waals surface area contributed by atoms with E-state index in [4.69, 9.17) is 4.74 Å². The molecule has 1 atom stereocenters. The molecule has 2 N–H and O–H groups in total. The van der Waals surface area contributed by atoms with E-state index in [-0.39, 0.29) is 23.5 Å². The van der Waals surface area contributed by atoms with Crippen molar-refractivity contribution in [2.75, 3.05) is 35.7 Å². The van der Waals surface area contributed by atoms with Gasteiger partial charge in [0.2, 0.25) is 11.8 Å². The third-order valence-corrected chi connectivity index (χ3v) is 6.59. The predicted molar refractivity (Wildman–Crippen MR) is 130 cm³/mol. The molecule has 1 aliphatic carbocycles. The molecule has 2 amide bonds. The lowest BCUT2D eigenvalue weighted by Crippen LogP contribution is -2.44. The van der Waals surface area contributed by atoms with Crippen LogP contribution in [0, 0.1) is 5.92 Å². The van der Waals surface area contributed by atoms with Gasteiger partial charge in [-0.15, -0.1) is 10.2 Å². The fraction of sp³-hybridized carbons (Fsp3) is 0.458. The van der Waals surface area contributed by atoms with Crippen LogP contribution in [0.15, 0.2) is 41.4 Å². The highest BCUT2D eigenvalue weighted by molar-refractivity contribution is 7.99. The van der Waals surface area contributed by atoms with Crippen molar-refractivity contribution in [3.8, 4) is 0 Å². The van der Waals surface area contributed by atoms with Crippen LogP contribution in [0.4, 0.5) is 11.5 Å². The van der Waals surface area contributed by atoms with Gasteiger partial charge in [-0.05, 0) is 62.9 Å². The highest BCUT2D eigenvalue weighted by atomic mass is 32.2. The van der Waals surface area contributed by atoms with Crippen molar-refractivity contribution >= 4 is 41.1 Å². The maximum atomic E-state index is 12.4. The molecule has 1 saturated heterocycles. The molecule has 34 heavy (non-hydrogen) atoms. The Kier molecular flexibility index (Phi) is 7.99. The van der Waals surface area contributed by atoms with Crippen molar-refractivity contribution in [2.45, 2.75) is 43.7 Å². The molecule has 2 aromatic rings. The normalized spacial score (nSPS) is 17.7. The van der Waals surface area contributed by atoms with E-state index in [0.717, 1.165) is 38.0 Å². The molecule has 0 bridgehead atoms. The van der Waals surface area contributed by atoms with Crippen molar-refractivity contribution in [3.63, 3.8) is 0 Å². The summed E-state index contributed by atoms with van der Waals surface area (Å²) in [5, 5.41) is 15.1. The molecule has 2 aliphatic rings.